The maximum atomic E-state index is 10.8. The largest absolute Gasteiger partial charge is 0.487 e. The number of hydrogen-bond donors (Lipinski definition) is 1. The molecule has 0 bridgehead atoms. The number of rotatable bonds is 9. The van der Waals surface area contributed by atoms with Crippen molar-refractivity contribution in [2.45, 2.75) is 25.7 Å². The van der Waals surface area contributed by atoms with Crippen LogP contribution in [0.4, 0.5) is 11.4 Å². The SMILES string of the molecule is O=C(O)CCCCCOc1ccc([N+](=O)[O-])cc1[N+](=O)[O-]. The smallest absolute Gasteiger partial charge is 0.317 e. The summed E-state index contributed by atoms with van der Waals surface area (Å²) in [5.74, 6) is -0.911. The van der Waals surface area contributed by atoms with Gasteiger partial charge in [-0.05, 0) is 25.3 Å². The summed E-state index contributed by atoms with van der Waals surface area (Å²) in [5, 5.41) is 29.9. The monoisotopic (exact) mass is 298 g/mol. The molecule has 0 unspecified atom stereocenters. The van der Waals surface area contributed by atoms with Crippen LogP contribution in [0.2, 0.25) is 0 Å². The lowest BCUT2D eigenvalue weighted by Gasteiger charge is -2.06. The molecular formula is C12H14N2O7. The molecule has 0 heterocycles. The number of hydrogen-bond acceptors (Lipinski definition) is 6. The lowest BCUT2D eigenvalue weighted by Crippen LogP contribution is -2.02. The van der Waals surface area contributed by atoms with E-state index in [0.29, 0.717) is 19.3 Å². The summed E-state index contributed by atoms with van der Waals surface area (Å²) < 4.78 is 5.23. The minimum absolute atomic E-state index is 0.0381. The van der Waals surface area contributed by atoms with E-state index in [1.807, 2.05) is 0 Å². The van der Waals surface area contributed by atoms with E-state index in [1.165, 1.54) is 6.07 Å². The van der Waals surface area contributed by atoms with Crippen molar-refractivity contribution >= 4 is 17.3 Å². The third-order valence-corrected chi connectivity index (χ3v) is 2.64. The first-order valence-electron chi connectivity index (χ1n) is 6.19. The van der Waals surface area contributed by atoms with Gasteiger partial charge in [0.2, 0.25) is 0 Å². The van der Waals surface area contributed by atoms with Crippen LogP contribution in [0.1, 0.15) is 25.7 Å². The van der Waals surface area contributed by atoms with E-state index < -0.39 is 21.5 Å². The van der Waals surface area contributed by atoms with Gasteiger partial charge >= 0.3 is 11.7 Å². The minimum atomic E-state index is -0.873. The molecule has 9 nitrogen and oxygen atoms in total. The molecule has 1 aromatic rings. The normalized spacial score (nSPS) is 10.1. The Kier molecular flexibility index (Phi) is 6.05. The van der Waals surface area contributed by atoms with E-state index in [0.717, 1.165) is 12.1 Å². The number of non-ortho nitro benzene ring substituents is 1. The molecule has 0 atom stereocenters. The first-order chi connectivity index (χ1) is 9.91. The Morgan fingerprint density at radius 3 is 2.43 bits per heavy atom. The summed E-state index contributed by atoms with van der Waals surface area (Å²) >= 11 is 0. The van der Waals surface area contributed by atoms with Crippen LogP contribution >= 0.6 is 0 Å². The quantitative estimate of drug-likeness (QED) is 0.420. The molecule has 1 aromatic carbocycles. The summed E-state index contributed by atoms with van der Waals surface area (Å²) in [5.41, 5.74) is -0.842. The zero-order chi connectivity index (χ0) is 15.8. The molecule has 0 saturated carbocycles. The molecule has 0 radical (unpaired) electrons. The Morgan fingerprint density at radius 1 is 1.14 bits per heavy atom. The zero-order valence-electron chi connectivity index (χ0n) is 11.1. The van der Waals surface area contributed by atoms with Gasteiger partial charge in [0, 0.05) is 12.5 Å². The predicted octanol–water partition coefficient (Wildman–Crippen LogP) is 2.53. The highest BCUT2D eigenvalue weighted by molar-refractivity contribution is 5.66. The summed E-state index contributed by atoms with van der Waals surface area (Å²) in [6, 6.07) is 3.17. The number of nitro groups is 2. The van der Waals surface area contributed by atoms with Gasteiger partial charge in [-0.2, -0.15) is 0 Å². The standard InChI is InChI=1S/C12H14N2O7/c15-12(16)4-2-1-3-7-21-11-6-5-9(13(17)18)8-10(11)14(19)20/h5-6,8H,1-4,7H2,(H,15,16). The van der Waals surface area contributed by atoms with Crippen LogP contribution < -0.4 is 4.74 Å². The summed E-state index contributed by atoms with van der Waals surface area (Å²) in [6.45, 7) is 0.179. The molecule has 114 valence electrons. The van der Waals surface area contributed by atoms with Crippen molar-refractivity contribution in [2.24, 2.45) is 0 Å². The Balaban J connectivity index is 2.56. The van der Waals surface area contributed by atoms with Gasteiger partial charge < -0.3 is 9.84 Å². The second-order valence-corrected chi connectivity index (χ2v) is 4.22. The Hall–Kier alpha value is -2.71. The fourth-order valence-corrected chi connectivity index (χ4v) is 1.62. The van der Waals surface area contributed by atoms with Gasteiger partial charge in [-0.3, -0.25) is 25.0 Å². The van der Waals surface area contributed by atoms with Crippen LogP contribution in [-0.2, 0) is 4.79 Å². The molecule has 0 aromatic heterocycles. The van der Waals surface area contributed by atoms with Crippen molar-refractivity contribution in [3.05, 3.63) is 38.4 Å². The fraction of sp³-hybridized carbons (Fsp3) is 0.417. The lowest BCUT2D eigenvalue weighted by molar-refractivity contribution is -0.394. The molecule has 21 heavy (non-hydrogen) atoms. The number of aliphatic carboxylic acids is 1. The topological polar surface area (TPSA) is 133 Å². The van der Waals surface area contributed by atoms with E-state index in [9.17, 15) is 25.0 Å². The third-order valence-electron chi connectivity index (χ3n) is 2.64. The average molecular weight is 298 g/mol. The molecule has 0 aliphatic heterocycles. The summed E-state index contributed by atoms with van der Waals surface area (Å²) in [4.78, 5) is 30.2. The average Bonchev–Trinajstić information content (AvgIpc) is 2.42. The first-order valence-corrected chi connectivity index (χ1v) is 6.19. The number of carbonyl (C=O) groups is 1. The Labute approximate surface area is 119 Å². The van der Waals surface area contributed by atoms with Crippen LogP contribution in [0, 0.1) is 20.2 Å². The number of nitro benzene ring substituents is 2. The molecule has 1 N–H and O–H groups in total. The second kappa shape index (κ2) is 7.78. The number of nitrogens with zero attached hydrogens (tertiary/aromatic N) is 2. The van der Waals surface area contributed by atoms with Crippen LogP contribution in [0.15, 0.2) is 18.2 Å². The molecule has 0 amide bonds. The summed E-state index contributed by atoms with van der Waals surface area (Å²) in [6.07, 6.45) is 1.73. The molecule has 9 heteroatoms. The van der Waals surface area contributed by atoms with Gasteiger partial charge in [-0.1, -0.05) is 0 Å². The molecule has 0 spiro atoms. The molecule has 0 fully saturated rings. The lowest BCUT2D eigenvalue weighted by atomic mass is 10.2. The second-order valence-electron chi connectivity index (χ2n) is 4.22. The van der Waals surface area contributed by atoms with E-state index in [-0.39, 0.29) is 24.5 Å². The first kappa shape index (κ1) is 16.3. The number of carboxylic acid groups (broad SMARTS) is 1. The van der Waals surface area contributed by atoms with Crippen LogP contribution in [0.25, 0.3) is 0 Å². The Morgan fingerprint density at radius 2 is 1.86 bits per heavy atom. The highest BCUT2D eigenvalue weighted by Gasteiger charge is 2.20. The van der Waals surface area contributed by atoms with Gasteiger partial charge in [0.05, 0.1) is 22.5 Å². The van der Waals surface area contributed by atoms with E-state index >= 15 is 0 Å². The fourth-order valence-electron chi connectivity index (χ4n) is 1.62. The molecule has 0 aliphatic rings. The van der Waals surface area contributed by atoms with Crippen molar-refractivity contribution in [1.29, 1.82) is 0 Å². The highest BCUT2D eigenvalue weighted by Crippen LogP contribution is 2.31. The molecule has 1 rings (SSSR count). The minimum Gasteiger partial charge on any atom is -0.487 e. The van der Waals surface area contributed by atoms with Crippen LogP contribution in [0.3, 0.4) is 0 Å². The maximum Gasteiger partial charge on any atom is 0.317 e. The van der Waals surface area contributed by atoms with Gasteiger partial charge in [0.1, 0.15) is 0 Å². The van der Waals surface area contributed by atoms with Gasteiger partial charge in [-0.25, -0.2) is 0 Å². The van der Waals surface area contributed by atoms with Crippen molar-refractivity contribution in [1.82, 2.24) is 0 Å². The van der Waals surface area contributed by atoms with Crippen molar-refractivity contribution in [2.75, 3.05) is 6.61 Å². The Bertz CT molecular complexity index is 544. The number of unbranched alkanes of at least 4 members (excludes halogenated alkanes) is 2. The van der Waals surface area contributed by atoms with E-state index in [4.69, 9.17) is 9.84 Å². The number of benzene rings is 1. The van der Waals surface area contributed by atoms with Crippen molar-refractivity contribution < 1.29 is 24.5 Å². The van der Waals surface area contributed by atoms with Gasteiger partial charge in [0.25, 0.3) is 5.69 Å². The predicted molar refractivity (Wildman–Crippen MR) is 71.3 cm³/mol. The zero-order valence-corrected chi connectivity index (χ0v) is 11.1. The summed E-state index contributed by atoms with van der Waals surface area (Å²) in [7, 11) is 0. The number of carboxylic acids is 1. The van der Waals surface area contributed by atoms with Crippen molar-refractivity contribution in [3.8, 4) is 5.75 Å². The van der Waals surface area contributed by atoms with Crippen molar-refractivity contribution in [3.63, 3.8) is 0 Å². The molecular weight excluding hydrogens is 284 g/mol. The van der Waals surface area contributed by atoms with Crippen LogP contribution in [-0.4, -0.2) is 27.5 Å². The molecule has 0 aliphatic carbocycles. The molecule has 0 saturated heterocycles. The number of ether oxygens (including phenoxy) is 1. The third kappa shape index (κ3) is 5.43. The van der Waals surface area contributed by atoms with Gasteiger partial charge in [0.15, 0.2) is 5.75 Å². The van der Waals surface area contributed by atoms with E-state index in [2.05, 4.69) is 0 Å². The maximum absolute atomic E-state index is 10.8. The van der Waals surface area contributed by atoms with Gasteiger partial charge in [-0.15, -0.1) is 0 Å². The van der Waals surface area contributed by atoms with E-state index in [1.54, 1.807) is 0 Å². The highest BCUT2D eigenvalue weighted by atomic mass is 16.6. The van der Waals surface area contributed by atoms with Crippen LogP contribution in [0.5, 0.6) is 5.75 Å².